The average Bonchev–Trinajstić information content (AvgIpc) is 3.10. The van der Waals surface area contributed by atoms with Crippen molar-refractivity contribution >= 4 is 89.1 Å². The molecule has 2 radical (unpaired) electrons. The first-order valence-corrected chi connectivity index (χ1v) is 17.9. The highest BCUT2D eigenvalue weighted by Gasteiger charge is 2.28. The SMILES string of the molecule is [B]C(=O)CCN(C)C(=O)OCc1ccc(NC(=O)[C@H](CCCNC(N)=O)NC(=O)[C@@H](NC(=S)Nc2ccc(NC(=S)C(C)(N)CC)cc2)C(C)C)cc1. The number of anilines is 3. The van der Waals surface area contributed by atoms with Crippen molar-refractivity contribution < 1.29 is 28.7 Å². The van der Waals surface area contributed by atoms with Crippen LogP contribution in [0.5, 0.6) is 0 Å². The van der Waals surface area contributed by atoms with Crippen molar-refractivity contribution in [2.24, 2.45) is 17.4 Å². The maximum absolute atomic E-state index is 13.6. The number of hydrogen-bond acceptors (Lipinski definition) is 9. The van der Waals surface area contributed by atoms with E-state index in [2.05, 4.69) is 31.9 Å². The molecule has 3 atom stereocenters. The lowest BCUT2D eigenvalue weighted by atomic mass is 10.00. The number of urea groups is 1. The topological polar surface area (TPSA) is 222 Å². The molecule has 2 aromatic rings. The van der Waals surface area contributed by atoms with Gasteiger partial charge in [-0.2, -0.15) is 0 Å². The summed E-state index contributed by atoms with van der Waals surface area (Å²) in [5.74, 6) is -1.17. The first-order chi connectivity index (χ1) is 24.9. The number of nitrogens with zero attached hydrogens (tertiary/aromatic N) is 1. The standard InChI is InChI=1S/C35H50BN9O6S2/c1-6-35(4,38)31(52)41-24-13-15-25(16-14-24)42-33(53)44-28(21(2)3)30(48)43-26(8-7-18-39-32(37)49)29(47)40-23-11-9-22(10-12-23)20-51-34(50)45(5)19-17-27(36)46/h9-16,21,26,28H,6-8,17-20,38H2,1-5H3,(H,40,47)(H,41,52)(H,43,48)(H3,37,39,49)(H2,42,44,53)/t26-,28-,35?/m0/s1. The molecule has 15 nitrogen and oxygen atoms in total. The monoisotopic (exact) mass is 767 g/mol. The number of nitrogens with two attached hydrogens (primary N) is 2. The van der Waals surface area contributed by atoms with E-state index >= 15 is 0 Å². The minimum absolute atomic E-state index is 0.0155. The number of rotatable bonds is 19. The van der Waals surface area contributed by atoms with Crippen LogP contribution in [0.3, 0.4) is 0 Å². The maximum atomic E-state index is 13.6. The van der Waals surface area contributed by atoms with E-state index in [1.807, 2.05) is 39.8 Å². The number of amides is 5. The Balaban J connectivity index is 2.05. The van der Waals surface area contributed by atoms with Gasteiger partial charge in [0.1, 0.15) is 18.7 Å². The second-order valence-electron chi connectivity index (χ2n) is 13.0. The van der Waals surface area contributed by atoms with Crippen molar-refractivity contribution in [3.63, 3.8) is 0 Å². The summed E-state index contributed by atoms with van der Waals surface area (Å²) in [4.78, 5) is 63.1. The number of carbonyl (C=O) groups excluding carboxylic acids is 5. The van der Waals surface area contributed by atoms with E-state index in [4.69, 9.17) is 48.5 Å². The van der Waals surface area contributed by atoms with Crippen LogP contribution >= 0.6 is 24.4 Å². The lowest BCUT2D eigenvalue weighted by Gasteiger charge is -2.26. The zero-order valence-corrected chi connectivity index (χ0v) is 32.4. The summed E-state index contributed by atoms with van der Waals surface area (Å²) in [6, 6.07) is 11.4. The fraction of sp³-hybridized carbons (Fsp3) is 0.457. The van der Waals surface area contributed by atoms with E-state index in [1.165, 1.54) is 11.9 Å². The third kappa shape index (κ3) is 16.2. The summed E-state index contributed by atoms with van der Waals surface area (Å²) in [6.07, 6.45) is 0.612. The van der Waals surface area contributed by atoms with E-state index < -0.39 is 47.2 Å². The molecule has 18 heteroatoms. The van der Waals surface area contributed by atoms with Gasteiger partial charge in [-0.1, -0.05) is 45.1 Å². The van der Waals surface area contributed by atoms with Crippen molar-refractivity contribution in [3.05, 3.63) is 54.1 Å². The van der Waals surface area contributed by atoms with Gasteiger partial charge in [-0.05, 0) is 86.3 Å². The number of ether oxygens (including phenoxy) is 1. The summed E-state index contributed by atoms with van der Waals surface area (Å²) in [7, 11) is 6.62. The van der Waals surface area contributed by atoms with E-state index in [0.29, 0.717) is 34.8 Å². The number of hydrogen-bond donors (Lipinski definition) is 8. The van der Waals surface area contributed by atoms with Gasteiger partial charge in [0.25, 0.3) is 0 Å². The Bertz CT molecular complexity index is 1590. The predicted octanol–water partition coefficient (Wildman–Crippen LogP) is 3.09. The van der Waals surface area contributed by atoms with Gasteiger partial charge >= 0.3 is 12.1 Å². The highest BCUT2D eigenvalue weighted by Crippen LogP contribution is 2.18. The van der Waals surface area contributed by atoms with E-state index in [-0.39, 0.29) is 43.6 Å². The Hall–Kier alpha value is -4.81. The van der Waals surface area contributed by atoms with Crippen LogP contribution in [0.2, 0.25) is 0 Å². The Kier molecular flexibility index (Phi) is 18.1. The molecule has 2 aromatic carbocycles. The fourth-order valence-electron chi connectivity index (χ4n) is 4.50. The molecular weight excluding hydrogens is 717 g/mol. The smallest absolute Gasteiger partial charge is 0.409 e. The summed E-state index contributed by atoms with van der Waals surface area (Å²) in [5, 5.41) is 17.6. The van der Waals surface area contributed by atoms with E-state index in [0.717, 1.165) is 5.69 Å². The fourth-order valence-corrected chi connectivity index (χ4v) is 5.01. The first-order valence-electron chi connectivity index (χ1n) is 17.1. The highest BCUT2D eigenvalue weighted by atomic mass is 32.1. The third-order valence-electron chi connectivity index (χ3n) is 8.08. The van der Waals surface area contributed by atoms with Crippen LogP contribution < -0.4 is 43.4 Å². The van der Waals surface area contributed by atoms with Crippen LogP contribution in [0.15, 0.2) is 48.5 Å². The van der Waals surface area contributed by atoms with Gasteiger partial charge in [-0.25, -0.2) is 9.59 Å². The second kappa shape index (κ2) is 21.7. The second-order valence-corrected chi connectivity index (χ2v) is 13.8. The Labute approximate surface area is 322 Å². The van der Waals surface area contributed by atoms with Crippen molar-refractivity contribution in [3.8, 4) is 0 Å². The van der Waals surface area contributed by atoms with Crippen LogP contribution in [0.4, 0.5) is 26.7 Å². The predicted molar refractivity (Wildman–Crippen MR) is 216 cm³/mol. The molecule has 0 aromatic heterocycles. The number of benzene rings is 2. The quantitative estimate of drug-likeness (QED) is 0.0587. The number of nitrogens with one attached hydrogen (secondary N) is 6. The normalized spacial score (nSPS) is 13.0. The summed E-state index contributed by atoms with van der Waals surface area (Å²) in [6.45, 7) is 7.80. The molecule has 53 heavy (non-hydrogen) atoms. The first kappa shape index (κ1) is 44.4. The lowest BCUT2D eigenvalue weighted by molar-refractivity contribution is -0.128. The minimum atomic E-state index is -0.979. The molecule has 0 aliphatic carbocycles. The largest absolute Gasteiger partial charge is 0.445 e. The molecule has 0 spiro atoms. The molecule has 1 unspecified atom stereocenters. The zero-order chi connectivity index (χ0) is 39.7. The molecule has 0 bridgehead atoms. The maximum Gasteiger partial charge on any atom is 0.409 e. The Morgan fingerprint density at radius 1 is 0.906 bits per heavy atom. The molecule has 0 aliphatic rings. The molecule has 0 fully saturated rings. The van der Waals surface area contributed by atoms with Crippen LogP contribution in [0, 0.1) is 5.92 Å². The van der Waals surface area contributed by atoms with Crippen LogP contribution in [-0.4, -0.2) is 90.2 Å². The van der Waals surface area contributed by atoms with Crippen molar-refractivity contribution in [2.75, 3.05) is 36.1 Å². The van der Waals surface area contributed by atoms with Gasteiger partial charge in [0.05, 0.1) is 16.2 Å². The minimum Gasteiger partial charge on any atom is -0.445 e. The van der Waals surface area contributed by atoms with Gasteiger partial charge in [-0.15, -0.1) is 0 Å². The molecule has 0 aliphatic heterocycles. The zero-order valence-electron chi connectivity index (χ0n) is 30.7. The van der Waals surface area contributed by atoms with Gasteiger partial charge in [-0.3, -0.25) is 9.59 Å². The Morgan fingerprint density at radius 2 is 1.47 bits per heavy atom. The van der Waals surface area contributed by atoms with Crippen LogP contribution in [0.1, 0.15) is 58.9 Å². The van der Waals surface area contributed by atoms with Gasteiger partial charge < -0.3 is 57.8 Å². The van der Waals surface area contributed by atoms with Crippen molar-refractivity contribution in [1.82, 2.24) is 20.9 Å². The summed E-state index contributed by atoms with van der Waals surface area (Å²) in [5.41, 5.74) is 12.8. The third-order valence-corrected chi connectivity index (χ3v) is 8.87. The van der Waals surface area contributed by atoms with Crippen LogP contribution in [0.25, 0.3) is 0 Å². The Morgan fingerprint density at radius 3 is 2.02 bits per heavy atom. The number of primary amides is 1. The molecular formula is C35H50BN9O6S2. The molecule has 10 N–H and O–H groups in total. The highest BCUT2D eigenvalue weighted by molar-refractivity contribution is 7.81. The van der Waals surface area contributed by atoms with Crippen LogP contribution in [-0.2, 0) is 25.7 Å². The number of carbonyl (C=O) groups is 5. The van der Waals surface area contributed by atoms with Gasteiger partial charge in [0, 0.05) is 43.6 Å². The summed E-state index contributed by atoms with van der Waals surface area (Å²) >= 11 is 11.0. The van der Waals surface area contributed by atoms with Crippen molar-refractivity contribution in [1.29, 1.82) is 0 Å². The van der Waals surface area contributed by atoms with E-state index in [9.17, 15) is 24.0 Å². The summed E-state index contributed by atoms with van der Waals surface area (Å²) < 4.78 is 5.26. The molecule has 286 valence electrons. The molecule has 5 amide bonds. The van der Waals surface area contributed by atoms with Crippen molar-refractivity contribution in [2.45, 2.75) is 77.6 Å². The van der Waals surface area contributed by atoms with Gasteiger partial charge in [0.15, 0.2) is 13.0 Å². The van der Waals surface area contributed by atoms with E-state index in [1.54, 1.807) is 36.4 Å². The molecule has 2 rings (SSSR count). The molecule has 0 saturated heterocycles. The molecule has 0 heterocycles. The lowest BCUT2D eigenvalue weighted by Crippen LogP contribution is -2.55. The average molecular weight is 768 g/mol. The molecule has 0 saturated carbocycles. The number of thiocarbonyl (C=S) groups is 2. The van der Waals surface area contributed by atoms with Gasteiger partial charge in [0.2, 0.25) is 11.8 Å².